The minimum absolute atomic E-state index is 0.752. The molecule has 0 amide bonds. The zero-order valence-electron chi connectivity index (χ0n) is 9.48. The molecule has 0 saturated carbocycles. The van der Waals surface area contributed by atoms with Gasteiger partial charge < -0.3 is 0 Å². The van der Waals surface area contributed by atoms with E-state index < -0.39 is 7.80 Å². The maximum atomic E-state index is 11.7. The second-order valence-electron chi connectivity index (χ2n) is 3.91. The Morgan fingerprint density at radius 1 is 1.07 bits per heavy atom. The van der Waals surface area contributed by atoms with Crippen LogP contribution in [0.5, 0.6) is 0 Å². The van der Waals surface area contributed by atoms with Crippen LogP contribution in [0.25, 0.3) is 0 Å². The number of unbranched alkanes of at least 4 members (excludes halogenated alkanes) is 3. The smallest absolute Gasteiger partial charge is 0.0744 e. The van der Waals surface area contributed by atoms with Gasteiger partial charge in [-0.3, -0.25) is 0 Å². The molecule has 1 aromatic rings. The molecule has 0 bridgehead atoms. The van der Waals surface area contributed by atoms with Gasteiger partial charge in [-0.1, -0.05) is 54.7 Å². The average Bonchev–Trinajstić information content (AvgIpc) is 2.26. The lowest BCUT2D eigenvalue weighted by Crippen LogP contribution is -1.84. The molecule has 1 rings (SSSR count). The van der Waals surface area contributed by atoms with Crippen LogP contribution >= 0.6 is 7.80 Å². The molecule has 1 aromatic carbocycles. The first-order valence-electron chi connectivity index (χ1n) is 5.79. The molecule has 1 nitrogen and oxygen atoms in total. The Balaban J connectivity index is 2.19. The lowest BCUT2D eigenvalue weighted by Gasteiger charge is -1.93. The van der Waals surface area contributed by atoms with Crippen LogP contribution in [-0.2, 0) is 10.7 Å². The van der Waals surface area contributed by atoms with Crippen molar-refractivity contribution in [1.82, 2.24) is 0 Å². The Morgan fingerprint density at radius 3 is 2.47 bits per heavy atom. The Hall–Kier alpha value is -0.680. The van der Waals surface area contributed by atoms with Gasteiger partial charge in [-0.15, -0.1) is 0 Å². The standard InChI is InChI=1S/C13H20OP/c1-2-3-4-8-11-15(14)12-13-9-6-5-7-10-13/h5-7,9-10H,2-4,8,11-12H2,1H3/q+1. The minimum atomic E-state index is -1.02. The minimum Gasteiger partial charge on any atom is -0.0744 e. The summed E-state index contributed by atoms with van der Waals surface area (Å²) < 4.78 is 11.7. The van der Waals surface area contributed by atoms with Gasteiger partial charge in [0.1, 0.15) is 6.16 Å². The summed E-state index contributed by atoms with van der Waals surface area (Å²) in [6, 6.07) is 10.1. The molecule has 0 radical (unpaired) electrons. The number of benzene rings is 1. The number of hydrogen-bond acceptors (Lipinski definition) is 1. The predicted octanol–water partition coefficient (Wildman–Crippen LogP) is 4.59. The third kappa shape index (κ3) is 5.69. The van der Waals surface area contributed by atoms with Crippen LogP contribution in [0.2, 0.25) is 0 Å². The highest BCUT2D eigenvalue weighted by molar-refractivity contribution is 7.43. The van der Waals surface area contributed by atoms with E-state index >= 15 is 0 Å². The van der Waals surface area contributed by atoms with Crippen molar-refractivity contribution in [3.8, 4) is 0 Å². The van der Waals surface area contributed by atoms with Crippen molar-refractivity contribution in [2.45, 2.75) is 38.8 Å². The first-order chi connectivity index (χ1) is 7.33. The van der Waals surface area contributed by atoms with Crippen molar-refractivity contribution < 1.29 is 4.57 Å². The van der Waals surface area contributed by atoms with Crippen molar-refractivity contribution in [2.75, 3.05) is 6.16 Å². The predicted molar refractivity (Wildman–Crippen MR) is 66.8 cm³/mol. The summed E-state index contributed by atoms with van der Waals surface area (Å²) in [5, 5.41) is 0. The normalized spacial score (nSPS) is 11.4. The molecule has 0 spiro atoms. The van der Waals surface area contributed by atoms with Gasteiger partial charge >= 0.3 is 7.80 Å². The summed E-state index contributed by atoms with van der Waals surface area (Å²) in [7, 11) is -1.02. The Labute approximate surface area is 93.7 Å². The summed E-state index contributed by atoms with van der Waals surface area (Å²) in [6.07, 6.45) is 6.51. The Bertz CT molecular complexity index is 282. The maximum Gasteiger partial charge on any atom is 0.343 e. The fraction of sp³-hybridized carbons (Fsp3) is 0.538. The van der Waals surface area contributed by atoms with E-state index in [0.29, 0.717) is 0 Å². The van der Waals surface area contributed by atoms with Gasteiger partial charge in [-0.2, -0.15) is 0 Å². The Morgan fingerprint density at radius 2 is 1.80 bits per heavy atom. The SMILES string of the molecule is CCCCCC[P+](=O)Cc1ccccc1. The molecule has 1 unspecified atom stereocenters. The maximum absolute atomic E-state index is 11.7. The quantitative estimate of drug-likeness (QED) is 0.488. The molecule has 0 aliphatic carbocycles. The van der Waals surface area contributed by atoms with Crippen LogP contribution in [-0.4, -0.2) is 6.16 Å². The summed E-state index contributed by atoms with van der Waals surface area (Å²) in [4.78, 5) is 0. The fourth-order valence-corrected chi connectivity index (χ4v) is 2.93. The van der Waals surface area contributed by atoms with Gasteiger partial charge in [0.15, 0.2) is 6.16 Å². The largest absolute Gasteiger partial charge is 0.343 e. The molecule has 15 heavy (non-hydrogen) atoms. The molecule has 0 aromatic heterocycles. The highest BCUT2D eigenvalue weighted by atomic mass is 31.1. The van der Waals surface area contributed by atoms with Crippen LogP contribution in [0, 0.1) is 0 Å². The lowest BCUT2D eigenvalue weighted by molar-refractivity contribution is 0.583. The molecule has 0 fully saturated rings. The van der Waals surface area contributed by atoms with E-state index in [-0.39, 0.29) is 0 Å². The topological polar surface area (TPSA) is 17.1 Å². The van der Waals surface area contributed by atoms with E-state index in [1.165, 1.54) is 24.8 Å². The molecule has 1 atom stereocenters. The van der Waals surface area contributed by atoms with E-state index in [9.17, 15) is 4.57 Å². The van der Waals surface area contributed by atoms with Crippen LogP contribution in [0.4, 0.5) is 0 Å². The molecule has 82 valence electrons. The molecule has 2 heteroatoms. The van der Waals surface area contributed by atoms with Gasteiger partial charge in [0, 0.05) is 0 Å². The number of rotatable bonds is 7. The molecule has 0 aliphatic rings. The summed E-state index contributed by atoms with van der Waals surface area (Å²) >= 11 is 0. The molecule has 0 saturated heterocycles. The van der Waals surface area contributed by atoms with Gasteiger partial charge in [0.05, 0.1) is 0 Å². The van der Waals surface area contributed by atoms with E-state index in [2.05, 4.69) is 19.1 Å². The molecule has 0 N–H and O–H groups in total. The molecular weight excluding hydrogens is 203 g/mol. The first kappa shape index (κ1) is 12.4. The van der Waals surface area contributed by atoms with Crippen LogP contribution in [0.3, 0.4) is 0 Å². The van der Waals surface area contributed by atoms with Crippen LogP contribution in [0.1, 0.15) is 38.2 Å². The lowest BCUT2D eigenvalue weighted by atomic mass is 10.2. The monoisotopic (exact) mass is 223 g/mol. The summed E-state index contributed by atoms with van der Waals surface area (Å²) in [5.41, 5.74) is 1.20. The zero-order valence-corrected chi connectivity index (χ0v) is 10.4. The van der Waals surface area contributed by atoms with E-state index in [1.807, 2.05) is 18.2 Å². The van der Waals surface area contributed by atoms with Gasteiger partial charge in [-0.05, 0) is 18.4 Å². The van der Waals surface area contributed by atoms with E-state index in [1.54, 1.807) is 0 Å². The second kappa shape index (κ2) is 7.59. The van der Waals surface area contributed by atoms with Gasteiger partial charge in [-0.25, -0.2) is 0 Å². The first-order valence-corrected chi connectivity index (χ1v) is 7.42. The number of hydrogen-bond donors (Lipinski definition) is 0. The average molecular weight is 223 g/mol. The van der Waals surface area contributed by atoms with Crippen molar-refractivity contribution >= 4 is 7.80 Å². The fourth-order valence-electron chi connectivity index (χ4n) is 1.58. The van der Waals surface area contributed by atoms with Crippen molar-refractivity contribution in [1.29, 1.82) is 0 Å². The Kier molecular flexibility index (Phi) is 6.27. The van der Waals surface area contributed by atoms with E-state index in [0.717, 1.165) is 18.7 Å². The van der Waals surface area contributed by atoms with Crippen molar-refractivity contribution in [2.24, 2.45) is 0 Å². The third-order valence-corrected chi connectivity index (χ3v) is 4.00. The highest BCUT2D eigenvalue weighted by Gasteiger charge is 2.14. The molecule has 0 heterocycles. The van der Waals surface area contributed by atoms with Crippen LogP contribution in [0.15, 0.2) is 30.3 Å². The summed E-state index contributed by atoms with van der Waals surface area (Å²) in [5.74, 6) is 0. The molecule has 0 aliphatic heterocycles. The summed E-state index contributed by atoms with van der Waals surface area (Å²) in [6.45, 7) is 2.20. The molecular formula is C13H20OP+. The third-order valence-electron chi connectivity index (χ3n) is 2.46. The van der Waals surface area contributed by atoms with Crippen LogP contribution < -0.4 is 0 Å². The van der Waals surface area contributed by atoms with Crippen molar-refractivity contribution in [3.05, 3.63) is 35.9 Å². The van der Waals surface area contributed by atoms with Crippen molar-refractivity contribution in [3.63, 3.8) is 0 Å². The van der Waals surface area contributed by atoms with Gasteiger partial charge in [0.2, 0.25) is 0 Å². The highest BCUT2D eigenvalue weighted by Crippen LogP contribution is 2.28. The van der Waals surface area contributed by atoms with Gasteiger partial charge in [0.25, 0.3) is 0 Å². The second-order valence-corrected chi connectivity index (χ2v) is 5.64. The zero-order chi connectivity index (χ0) is 10.9. The van der Waals surface area contributed by atoms with E-state index in [4.69, 9.17) is 0 Å².